The van der Waals surface area contributed by atoms with E-state index in [1.54, 1.807) is 0 Å². The lowest BCUT2D eigenvalue weighted by atomic mass is 10.2. The minimum Gasteiger partial charge on any atom is -0.370 e. The van der Waals surface area contributed by atoms with Crippen molar-refractivity contribution in [3.05, 3.63) is 47.5 Å². The Hall–Kier alpha value is -2.14. The zero-order valence-corrected chi connectivity index (χ0v) is 12.2. The number of rotatable bonds is 3. The smallest absolute Gasteiger partial charge is 0.275 e. The number of carbonyl (C=O) groups excluding carboxylic acids is 1. The second-order valence-corrected chi connectivity index (χ2v) is 5.28. The third kappa shape index (κ3) is 3.13. The van der Waals surface area contributed by atoms with Gasteiger partial charge < -0.3 is 10.2 Å². The van der Waals surface area contributed by atoms with Gasteiger partial charge in [0.1, 0.15) is 10.8 Å². The van der Waals surface area contributed by atoms with Gasteiger partial charge in [-0.3, -0.25) is 9.78 Å². The van der Waals surface area contributed by atoms with E-state index in [9.17, 15) is 4.79 Å². The SMILES string of the molecule is O=C(Nc1ccccc1N1CCCC1)c1cncc(Cl)n1. The molecule has 1 aromatic heterocycles. The van der Waals surface area contributed by atoms with E-state index < -0.39 is 0 Å². The first-order valence-electron chi connectivity index (χ1n) is 6.87. The Balaban J connectivity index is 1.83. The van der Waals surface area contributed by atoms with Crippen LogP contribution in [-0.4, -0.2) is 29.0 Å². The molecule has 0 saturated carbocycles. The highest BCUT2D eigenvalue weighted by molar-refractivity contribution is 6.29. The van der Waals surface area contributed by atoms with E-state index >= 15 is 0 Å². The molecule has 6 heteroatoms. The van der Waals surface area contributed by atoms with Gasteiger partial charge in [0.05, 0.1) is 23.8 Å². The van der Waals surface area contributed by atoms with Gasteiger partial charge in [0.25, 0.3) is 5.91 Å². The molecule has 1 saturated heterocycles. The van der Waals surface area contributed by atoms with E-state index in [0.717, 1.165) is 24.5 Å². The monoisotopic (exact) mass is 302 g/mol. The number of carbonyl (C=O) groups is 1. The predicted molar refractivity (Wildman–Crippen MR) is 82.9 cm³/mol. The van der Waals surface area contributed by atoms with Crippen LogP contribution >= 0.6 is 11.6 Å². The Bertz CT molecular complexity index is 656. The Morgan fingerprint density at radius 1 is 1.19 bits per heavy atom. The van der Waals surface area contributed by atoms with Crippen LogP contribution in [0.4, 0.5) is 11.4 Å². The Morgan fingerprint density at radius 3 is 2.71 bits per heavy atom. The van der Waals surface area contributed by atoms with Gasteiger partial charge in [-0.15, -0.1) is 0 Å². The van der Waals surface area contributed by atoms with Crippen LogP contribution in [0.1, 0.15) is 23.3 Å². The van der Waals surface area contributed by atoms with E-state index in [4.69, 9.17) is 11.6 Å². The first-order valence-corrected chi connectivity index (χ1v) is 7.25. The molecule has 0 spiro atoms. The van der Waals surface area contributed by atoms with Crippen LogP contribution in [0.25, 0.3) is 0 Å². The van der Waals surface area contributed by atoms with Crippen molar-refractivity contribution in [1.82, 2.24) is 9.97 Å². The summed E-state index contributed by atoms with van der Waals surface area (Å²) in [5.41, 5.74) is 2.03. The number of hydrogen-bond donors (Lipinski definition) is 1. The molecule has 0 unspecified atom stereocenters. The van der Waals surface area contributed by atoms with Crippen LogP contribution in [0.15, 0.2) is 36.7 Å². The van der Waals surface area contributed by atoms with Gasteiger partial charge in [-0.05, 0) is 25.0 Å². The zero-order chi connectivity index (χ0) is 14.7. The predicted octanol–water partition coefficient (Wildman–Crippen LogP) is 2.98. The third-order valence-corrected chi connectivity index (χ3v) is 3.62. The van der Waals surface area contributed by atoms with Crippen LogP contribution < -0.4 is 10.2 Å². The molecular weight excluding hydrogens is 288 g/mol. The number of nitrogens with one attached hydrogen (secondary N) is 1. The number of benzene rings is 1. The van der Waals surface area contributed by atoms with Crippen molar-refractivity contribution in [2.75, 3.05) is 23.3 Å². The van der Waals surface area contributed by atoms with E-state index in [0.29, 0.717) is 0 Å². The van der Waals surface area contributed by atoms with Crippen molar-refractivity contribution in [2.45, 2.75) is 12.8 Å². The average molecular weight is 303 g/mol. The number of aromatic nitrogens is 2. The fourth-order valence-corrected chi connectivity index (χ4v) is 2.60. The number of nitrogens with zero attached hydrogens (tertiary/aromatic N) is 3. The van der Waals surface area contributed by atoms with Crippen molar-refractivity contribution in [3.63, 3.8) is 0 Å². The van der Waals surface area contributed by atoms with Crippen LogP contribution in [-0.2, 0) is 0 Å². The number of anilines is 2. The fraction of sp³-hybridized carbons (Fsp3) is 0.267. The van der Waals surface area contributed by atoms with Crippen molar-refractivity contribution < 1.29 is 4.79 Å². The topological polar surface area (TPSA) is 58.1 Å². The van der Waals surface area contributed by atoms with Crippen LogP contribution in [0.5, 0.6) is 0 Å². The Kier molecular flexibility index (Phi) is 4.01. The summed E-state index contributed by atoms with van der Waals surface area (Å²) >= 11 is 5.76. The molecule has 1 aromatic carbocycles. The van der Waals surface area contributed by atoms with E-state index in [2.05, 4.69) is 20.2 Å². The summed E-state index contributed by atoms with van der Waals surface area (Å²) in [5, 5.41) is 3.09. The van der Waals surface area contributed by atoms with E-state index in [-0.39, 0.29) is 16.8 Å². The summed E-state index contributed by atoms with van der Waals surface area (Å²) in [6.07, 6.45) is 5.17. The maximum atomic E-state index is 12.2. The molecule has 5 nitrogen and oxygen atoms in total. The van der Waals surface area contributed by atoms with Gasteiger partial charge in [-0.25, -0.2) is 4.98 Å². The second kappa shape index (κ2) is 6.10. The van der Waals surface area contributed by atoms with Gasteiger partial charge in [0.2, 0.25) is 0 Å². The summed E-state index contributed by atoms with van der Waals surface area (Å²) in [7, 11) is 0. The minimum atomic E-state index is -0.309. The van der Waals surface area contributed by atoms with Gasteiger partial charge in [0.15, 0.2) is 0 Å². The molecule has 1 amide bonds. The summed E-state index contributed by atoms with van der Waals surface area (Å²) in [4.78, 5) is 22.4. The minimum absolute atomic E-state index is 0.204. The van der Waals surface area contributed by atoms with Crippen molar-refractivity contribution in [2.24, 2.45) is 0 Å². The molecule has 2 heterocycles. The van der Waals surface area contributed by atoms with Crippen molar-refractivity contribution in [3.8, 4) is 0 Å². The molecule has 3 rings (SSSR count). The Labute approximate surface area is 128 Å². The summed E-state index contributed by atoms with van der Waals surface area (Å²) < 4.78 is 0. The lowest BCUT2D eigenvalue weighted by Gasteiger charge is -2.21. The molecule has 0 aliphatic carbocycles. The summed E-state index contributed by atoms with van der Waals surface area (Å²) in [6.45, 7) is 2.04. The molecule has 21 heavy (non-hydrogen) atoms. The molecule has 1 fully saturated rings. The number of halogens is 1. The first-order chi connectivity index (χ1) is 10.2. The van der Waals surface area contributed by atoms with Gasteiger partial charge in [-0.2, -0.15) is 0 Å². The van der Waals surface area contributed by atoms with Gasteiger partial charge in [-0.1, -0.05) is 23.7 Å². The number of hydrogen-bond acceptors (Lipinski definition) is 4. The summed E-state index contributed by atoms with van der Waals surface area (Å²) in [6, 6.07) is 7.79. The number of amides is 1. The molecule has 2 aromatic rings. The van der Waals surface area contributed by atoms with E-state index in [1.165, 1.54) is 25.2 Å². The summed E-state index contributed by atoms with van der Waals surface area (Å²) in [5.74, 6) is -0.309. The molecular formula is C15H15ClN4O. The molecule has 0 bridgehead atoms. The average Bonchev–Trinajstić information content (AvgIpc) is 3.02. The van der Waals surface area contributed by atoms with Crippen LogP contribution in [0.3, 0.4) is 0 Å². The highest BCUT2D eigenvalue weighted by Crippen LogP contribution is 2.28. The standard InChI is InChI=1S/C15H15ClN4O/c16-14-10-17-9-12(18-14)15(21)19-11-5-1-2-6-13(11)20-7-3-4-8-20/h1-2,5-6,9-10H,3-4,7-8H2,(H,19,21). The maximum Gasteiger partial charge on any atom is 0.275 e. The molecule has 1 N–H and O–H groups in total. The lowest BCUT2D eigenvalue weighted by Crippen LogP contribution is -2.21. The van der Waals surface area contributed by atoms with Crippen molar-refractivity contribution >= 4 is 28.9 Å². The zero-order valence-electron chi connectivity index (χ0n) is 11.4. The van der Waals surface area contributed by atoms with Gasteiger partial charge in [0, 0.05) is 13.1 Å². The largest absolute Gasteiger partial charge is 0.370 e. The highest BCUT2D eigenvalue weighted by atomic mass is 35.5. The molecule has 1 aliphatic heterocycles. The molecule has 108 valence electrons. The third-order valence-electron chi connectivity index (χ3n) is 3.44. The lowest BCUT2D eigenvalue weighted by molar-refractivity contribution is 0.102. The first kappa shape index (κ1) is 13.8. The molecule has 0 radical (unpaired) electrons. The number of para-hydroxylation sites is 2. The maximum absolute atomic E-state index is 12.2. The van der Waals surface area contributed by atoms with Gasteiger partial charge >= 0.3 is 0 Å². The Morgan fingerprint density at radius 2 is 1.95 bits per heavy atom. The van der Waals surface area contributed by atoms with Crippen LogP contribution in [0.2, 0.25) is 5.15 Å². The quantitative estimate of drug-likeness (QED) is 0.947. The second-order valence-electron chi connectivity index (χ2n) is 4.89. The van der Waals surface area contributed by atoms with Crippen molar-refractivity contribution in [1.29, 1.82) is 0 Å². The van der Waals surface area contributed by atoms with E-state index in [1.807, 2.05) is 24.3 Å². The normalized spacial score (nSPS) is 14.2. The fourth-order valence-electron chi connectivity index (χ4n) is 2.45. The molecule has 1 aliphatic rings. The highest BCUT2D eigenvalue weighted by Gasteiger charge is 2.17. The molecule has 0 atom stereocenters. The van der Waals surface area contributed by atoms with Crippen LogP contribution in [0, 0.1) is 0 Å².